The lowest BCUT2D eigenvalue weighted by Crippen LogP contribution is -2.44. The van der Waals surface area contributed by atoms with Gasteiger partial charge in [0.15, 0.2) is 0 Å². The van der Waals surface area contributed by atoms with Crippen LogP contribution in [0.5, 0.6) is 0 Å². The maximum Gasteiger partial charge on any atom is 0.239 e. The first-order chi connectivity index (χ1) is 7.67. The second kappa shape index (κ2) is 9.60. The summed E-state index contributed by atoms with van der Waals surface area (Å²) in [5.74, 6) is 0.0979. The highest BCUT2D eigenvalue weighted by atomic mass is 16.2. The summed E-state index contributed by atoms with van der Waals surface area (Å²) >= 11 is 0. The van der Waals surface area contributed by atoms with Crippen LogP contribution in [0.1, 0.15) is 46.0 Å². The van der Waals surface area contributed by atoms with E-state index in [1.165, 1.54) is 0 Å². The Labute approximate surface area is 99.4 Å². The number of rotatable bonds is 9. The number of hydrogen-bond donors (Lipinski definition) is 2. The van der Waals surface area contributed by atoms with E-state index in [2.05, 4.69) is 13.8 Å². The molecule has 0 heterocycles. The molecule has 0 aliphatic heterocycles. The van der Waals surface area contributed by atoms with E-state index in [1.807, 2.05) is 4.90 Å². The number of nitrogens with two attached hydrogens (primary N) is 2. The van der Waals surface area contributed by atoms with Crippen LogP contribution in [-0.2, 0) is 4.79 Å². The van der Waals surface area contributed by atoms with Crippen LogP contribution in [0.15, 0.2) is 0 Å². The Hall–Kier alpha value is -0.610. The lowest BCUT2D eigenvalue weighted by molar-refractivity contribution is -0.132. The highest BCUT2D eigenvalue weighted by Gasteiger charge is 2.18. The molecule has 0 aromatic carbocycles. The molecule has 0 aliphatic rings. The Morgan fingerprint density at radius 1 is 1.19 bits per heavy atom. The predicted molar refractivity (Wildman–Crippen MR) is 68.0 cm³/mol. The quantitative estimate of drug-likeness (QED) is 0.581. The summed E-state index contributed by atoms with van der Waals surface area (Å²) in [6.45, 7) is 6.47. The van der Waals surface area contributed by atoms with Gasteiger partial charge in [-0.2, -0.15) is 0 Å². The van der Waals surface area contributed by atoms with Gasteiger partial charge in [0.2, 0.25) is 5.91 Å². The fourth-order valence-corrected chi connectivity index (χ4v) is 1.74. The maximum absolute atomic E-state index is 12.0. The van der Waals surface area contributed by atoms with E-state index < -0.39 is 0 Å². The molecule has 0 aromatic heterocycles. The number of carbonyl (C=O) groups excluding carboxylic acids is 1. The third-order valence-electron chi connectivity index (χ3n) is 2.59. The number of carbonyl (C=O) groups is 1. The Balaban J connectivity index is 4.03. The minimum Gasteiger partial charge on any atom is -0.341 e. The Morgan fingerprint density at radius 2 is 1.75 bits per heavy atom. The number of nitrogens with zero attached hydrogens (tertiary/aromatic N) is 1. The first-order valence-corrected chi connectivity index (χ1v) is 6.41. The highest BCUT2D eigenvalue weighted by Crippen LogP contribution is 2.04. The highest BCUT2D eigenvalue weighted by molar-refractivity contribution is 5.81. The van der Waals surface area contributed by atoms with Crippen LogP contribution < -0.4 is 11.5 Å². The van der Waals surface area contributed by atoms with Crippen molar-refractivity contribution in [1.29, 1.82) is 0 Å². The van der Waals surface area contributed by atoms with Crippen molar-refractivity contribution in [2.75, 3.05) is 19.6 Å². The number of amides is 1. The van der Waals surface area contributed by atoms with Gasteiger partial charge >= 0.3 is 0 Å². The molecule has 0 saturated carbocycles. The number of unbranched alkanes of at least 4 members (excludes halogenated alkanes) is 1. The van der Waals surface area contributed by atoms with Crippen molar-refractivity contribution >= 4 is 5.91 Å². The Kier molecular flexibility index (Phi) is 9.24. The van der Waals surface area contributed by atoms with Gasteiger partial charge in [-0.15, -0.1) is 0 Å². The summed E-state index contributed by atoms with van der Waals surface area (Å²) in [6.07, 6.45) is 4.61. The van der Waals surface area contributed by atoms with Gasteiger partial charge in [0.05, 0.1) is 6.04 Å². The molecule has 4 nitrogen and oxygen atoms in total. The van der Waals surface area contributed by atoms with Crippen LogP contribution in [0.25, 0.3) is 0 Å². The average Bonchev–Trinajstić information content (AvgIpc) is 2.28. The van der Waals surface area contributed by atoms with Crippen molar-refractivity contribution in [2.45, 2.75) is 52.0 Å². The minimum atomic E-state index is -0.343. The van der Waals surface area contributed by atoms with Gasteiger partial charge in [-0.3, -0.25) is 4.79 Å². The van der Waals surface area contributed by atoms with Gasteiger partial charge in [-0.25, -0.2) is 0 Å². The molecular weight excluding hydrogens is 202 g/mol. The van der Waals surface area contributed by atoms with E-state index in [9.17, 15) is 4.79 Å². The van der Waals surface area contributed by atoms with Crippen molar-refractivity contribution in [2.24, 2.45) is 11.5 Å². The molecule has 4 heteroatoms. The van der Waals surface area contributed by atoms with Crippen molar-refractivity contribution in [3.63, 3.8) is 0 Å². The third kappa shape index (κ3) is 6.08. The van der Waals surface area contributed by atoms with E-state index in [4.69, 9.17) is 11.5 Å². The van der Waals surface area contributed by atoms with Crippen LogP contribution in [0.2, 0.25) is 0 Å². The summed E-state index contributed by atoms with van der Waals surface area (Å²) < 4.78 is 0. The van der Waals surface area contributed by atoms with Gasteiger partial charge < -0.3 is 16.4 Å². The molecule has 0 unspecified atom stereocenters. The average molecular weight is 229 g/mol. The topological polar surface area (TPSA) is 72.3 Å². The lowest BCUT2D eigenvalue weighted by Gasteiger charge is -2.24. The van der Waals surface area contributed by atoms with E-state index >= 15 is 0 Å². The second-order valence-corrected chi connectivity index (χ2v) is 4.22. The van der Waals surface area contributed by atoms with Gasteiger partial charge in [0, 0.05) is 13.1 Å². The van der Waals surface area contributed by atoms with Crippen molar-refractivity contribution in [1.82, 2.24) is 4.90 Å². The smallest absolute Gasteiger partial charge is 0.239 e. The zero-order valence-electron chi connectivity index (χ0n) is 10.7. The monoisotopic (exact) mass is 229 g/mol. The van der Waals surface area contributed by atoms with Crippen molar-refractivity contribution in [3.8, 4) is 0 Å². The molecule has 1 amide bonds. The van der Waals surface area contributed by atoms with Crippen molar-refractivity contribution < 1.29 is 4.79 Å². The fraction of sp³-hybridized carbons (Fsp3) is 0.917. The molecule has 0 bridgehead atoms. The number of hydrogen-bond acceptors (Lipinski definition) is 3. The van der Waals surface area contributed by atoms with E-state index in [1.54, 1.807) is 0 Å². The summed E-state index contributed by atoms with van der Waals surface area (Å²) in [5.41, 5.74) is 11.3. The van der Waals surface area contributed by atoms with Crippen LogP contribution in [0.3, 0.4) is 0 Å². The first-order valence-electron chi connectivity index (χ1n) is 6.41. The summed E-state index contributed by atoms with van der Waals surface area (Å²) in [6, 6.07) is -0.343. The van der Waals surface area contributed by atoms with E-state index in [0.29, 0.717) is 6.54 Å². The van der Waals surface area contributed by atoms with Crippen LogP contribution in [0.4, 0.5) is 0 Å². The fourth-order valence-electron chi connectivity index (χ4n) is 1.74. The van der Waals surface area contributed by atoms with Gasteiger partial charge in [-0.1, -0.05) is 20.3 Å². The van der Waals surface area contributed by atoms with Crippen LogP contribution in [0, 0.1) is 0 Å². The Bertz CT molecular complexity index is 179. The molecule has 96 valence electrons. The largest absolute Gasteiger partial charge is 0.341 e. The molecule has 0 aromatic rings. The molecular formula is C12H27N3O. The van der Waals surface area contributed by atoms with Crippen LogP contribution >= 0.6 is 0 Å². The molecule has 0 rings (SSSR count). The zero-order chi connectivity index (χ0) is 12.4. The minimum absolute atomic E-state index is 0.0979. The molecule has 0 aliphatic carbocycles. The molecule has 0 saturated heterocycles. The first kappa shape index (κ1) is 15.4. The van der Waals surface area contributed by atoms with E-state index in [0.717, 1.165) is 45.2 Å². The standard InChI is InChI=1S/C12H27N3O/c1-3-9-15(10-4-2)12(16)11(14)7-5-6-8-13/h11H,3-10,13-14H2,1-2H3/t11-/m1/s1. The molecule has 0 spiro atoms. The Morgan fingerprint density at radius 3 is 2.19 bits per heavy atom. The molecule has 4 N–H and O–H groups in total. The summed E-state index contributed by atoms with van der Waals surface area (Å²) in [5, 5.41) is 0. The molecule has 0 radical (unpaired) electrons. The predicted octanol–water partition coefficient (Wildman–Crippen LogP) is 1.09. The summed E-state index contributed by atoms with van der Waals surface area (Å²) in [4.78, 5) is 13.9. The molecule has 16 heavy (non-hydrogen) atoms. The lowest BCUT2D eigenvalue weighted by atomic mass is 10.1. The third-order valence-corrected chi connectivity index (χ3v) is 2.59. The van der Waals surface area contributed by atoms with Gasteiger partial charge in [0.25, 0.3) is 0 Å². The van der Waals surface area contributed by atoms with Gasteiger partial charge in [0.1, 0.15) is 0 Å². The van der Waals surface area contributed by atoms with E-state index in [-0.39, 0.29) is 11.9 Å². The molecule has 0 fully saturated rings. The summed E-state index contributed by atoms with van der Waals surface area (Å²) in [7, 11) is 0. The normalized spacial score (nSPS) is 12.5. The molecule has 1 atom stereocenters. The second-order valence-electron chi connectivity index (χ2n) is 4.22. The SMILES string of the molecule is CCCN(CCC)C(=O)[C@H](N)CCCCN. The van der Waals surface area contributed by atoms with Gasteiger partial charge in [-0.05, 0) is 32.2 Å². The van der Waals surface area contributed by atoms with Crippen LogP contribution in [-0.4, -0.2) is 36.5 Å². The maximum atomic E-state index is 12.0. The zero-order valence-corrected chi connectivity index (χ0v) is 10.7. The van der Waals surface area contributed by atoms with Crippen molar-refractivity contribution in [3.05, 3.63) is 0 Å².